The van der Waals surface area contributed by atoms with Gasteiger partial charge in [0.15, 0.2) is 5.78 Å². The third-order valence-corrected chi connectivity index (χ3v) is 18.8. The van der Waals surface area contributed by atoms with E-state index in [0.717, 1.165) is 101 Å². The summed E-state index contributed by atoms with van der Waals surface area (Å²) >= 11 is 0. The van der Waals surface area contributed by atoms with Crippen LogP contribution < -0.4 is 11.1 Å². The molecule has 0 spiro atoms. The van der Waals surface area contributed by atoms with Gasteiger partial charge in [-0.25, -0.2) is 0 Å². The maximum Gasteiger partial charge on any atom is 0.162 e. The van der Waals surface area contributed by atoms with Crippen LogP contribution in [-0.4, -0.2) is 75.5 Å². The Morgan fingerprint density at radius 2 is 1.74 bits per heavy atom. The van der Waals surface area contributed by atoms with E-state index < -0.39 is 28.3 Å². The van der Waals surface area contributed by atoms with Crippen molar-refractivity contribution in [3.05, 3.63) is 11.1 Å². The maximum absolute atomic E-state index is 14.9. The number of fused-ring (bicyclic) bond motifs is 2. The Morgan fingerprint density at radius 1 is 0.962 bits per heavy atom. The van der Waals surface area contributed by atoms with Crippen molar-refractivity contribution in [2.75, 3.05) is 13.2 Å². The van der Waals surface area contributed by atoms with Crippen LogP contribution in [0, 0.1) is 57.7 Å². The fourth-order valence-electron chi connectivity index (χ4n) is 15.6. The number of ether oxygens (including phenoxy) is 2. The van der Waals surface area contributed by atoms with Crippen molar-refractivity contribution in [2.45, 2.75) is 191 Å². The molecule has 0 aromatic carbocycles. The minimum Gasteiger partial charge on any atom is -0.393 e. The lowest BCUT2D eigenvalue weighted by atomic mass is 9.40. The first-order valence-corrected chi connectivity index (χ1v) is 22.3. The third-order valence-electron chi connectivity index (χ3n) is 18.8. The molecule has 0 bridgehead atoms. The summed E-state index contributed by atoms with van der Waals surface area (Å²) in [7, 11) is 0. The molecule has 0 aromatic rings. The second-order valence-electron chi connectivity index (χ2n) is 21.5. The first-order valence-electron chi connectivity index (χ1n) is 22.3. The average Bonchev–Trinajstić information content (AvgIpc) is 3.69. The Bertz CT molecular complexity index is 1490. The van der Waals surface area contributed by atoms with Gasteiger partial charge in [-0.3, -0.25) is 4.79 Å². The van der Waals surface area contributed by atoms with Crippen LogP contribution in [0.15, 0.2) is 11.1 Å². The highest BCUT2D eigenvalue weighted by Gasteiger charge is 2.78. The molecule has 7 fully saturated rings. The number of Topliss-reactive ketones (excluding diaryl/α,β-unsaturated/α-hetero) is 1. The average molecular weight is 737 g/mol. The van der Waals surface area contributed by atoms with Crippen molar-refractivity contribution in [2.24, 2.45) is 63.4 Å². The summed E-state index contributed by atoms with van der Waals surface area (Å²) in [5.41, 5.74) is 4.68. The summed E-state index contributed by atoms with van der Waals surface area (Å²) in [6, 6.07) is 0. The number of epoxide rings is 1. The van der Waals surface area contributed by atoms with Gasteiger partial charge in [-0.05, 0) is 174 Å². The predicted octanol–water partition coefficient (Wildman–Crippen LogP) is 6.58. The molecule has 0 radical (unpaired) electrons. The largest absolute Gasteiger partial charge is 0.393 e. The predicted molar refractivity (Wildman–Crippen MR) is 204 cm³/mol. The monoisotopic (exact) mass is 737 g/mol. The molecule has 3 heterocycles. The lowest BCUT2D eigenvalue weighted by Gasteiger charge is -2.65. The first kappa shape index (κ1) is 37.7. The molecule has 15 atom stereocenters. The standard InChI is InChI=1S/C45H72N2O6/c1-26-16-21-52-44(25-26,39-38(53-39)42(5,50)40(2,3)17-12-27-15-20-47-35(46)22-27)34-23-29-10-11-31-36-32(14-18-41(34,4)45(29,36)51)43(28-8-6-7-9-28)19-13-30(48)24-33(43)37(31)49/h26-30,32-35,38-39,47-48,50-51H,6-25,46H2,1-5H3/t26-,27?,29-,30+,32?,33+,34-,35?,38+,39-,41-,42+,43-,44-,45-/m1/s1. The van der Waals surface area contributed by atoms with E-state index in [2.05, 4.69) is 33.0 Å². The second-order valence-corrected chi connectivity index (χ2v) is 21.5. The number of carbonyl (C=O) groups excluding carboxylic acids is 1. The van der Waals surface area contributed by atoms with E-state index in [-0.39, 0.29) is 58.7 Å². The summed E-state index contributed by atoms with van der Waals surface area (Å²) < 4.78 is 14.0. The molecular formula is C45H72N2O6. The molecule has 8 heteroatoms. The summed E-state index contributed by atoms with van der Waals surface area (Å²) in [5, 5.41) is 40.7. The highest BCUT2D eigenvalue weighted by Crippen LogP contribution is 2.76. The van der Waals surface area contributed by atoms with Crippen molar-refractivity contribution < 1.29 is 29.6 Å². The van der Waals surface area contributed by atoms with Gasteiger partial charge in [0.1, 0.15) is 17.8 Å². The minimum absolute atomic E-state index is 0.0592. The van der Waals surface area contributed by atoms with Gasteiger partial charge in [-0.15, -0.1) is 0 Å². The third kappa shape index (κ3) is 5.26. The van der Waals surface area contributed by atoms with Crippen LogP contribution in [0.3, 0.4) is 0 Å². The van der Waals surface area contributed by atoms with Crippen molar-refractivity contribution in [3.8, 4) is 0 Å². The summed E-state index contributed by atoms with van der Waals surface area (Å²) in [6.07, 6.45) is 16.5. The quantitative estimate of drug-likeness (QED) is 0.177. The summed E-state index contributed by atoms with van der Waals surface area (Å²) in [6.45, 7) is 12.8. The van der Waals surface area contributed by atoms with Gasteiger partial charge in [-0.2, -0.15) is 0 Å². The lowest BCUT2D eigenvalue weighted by Crippen LogP contribution is -2.66. The zero-order chi connectivity index (χ0) is 37.3. The van der Waals surface area contributed by atoms with Crippen molar-refractivity contribution in [3.63, 3.8) is 0 Å². The molecule has 6 aliphatic carbocycles. The van der Waals surface area contributed by atoms with Crippen LogP contribution >= 0.6 is 0 Å². The number of carbonyl (C=O) groups is 1. The van der Waals surface area contributed by atoms with Crippen LogP contribution in [0.2, 0.25) is 0 Å². The van der Waals surface area contributed by atoms with Crippen LogP contribution in [0.5, 0.6) is 0 Å². The van der Waals surface area contributed by atoms with Gasteiger partial charge >= 0.3 is 0 Å². The highest BCUT2D eigenvalue weighted by atomic mass is 16.6. The smallest absolute Gasteiger partial charge is 0.162 e. The number of hydrogen-bond acceptors (Lipinski definition) is 8. The summed E-state index contributed by atoms with van der Waals surface area (Å²) in [5.74, 6) is 2.06. The minimum atomic E-state index is -1.05. The van der Waals surface area contributed by atoms with Crippen LogP contribution in [-0.2, 0) is 14.3 Å². The maximum atomic E-state index is 14.9. The van der Waals surface area contributed by atoms with Crippen molar-refractivity contribution >= 4 is 5.78 Å². The number of ketones is 1. The molecule has 53 heavy (non-hydrogen) atoms. The Morgan fingerprint density at radius 3 is 2.47 bits per heavy atom. The van der Waals surface area contributed by atoms with Gasteiger partial charge in [0, 0.05) is 17.9 Å². The van der Waals surface area contributed by atoms with E-state index in [0.29, 0.717) is 30.8 Å². The number of nitrogens with two attached hydrogens (primary N) is 1. The van der Waals surface area contributed by atoms with E-state index in [1.165, 1.54) is 25.7 Å². The van der Waals surface area contributed by atoms with Crippen molar-refractivity contribution in [1.29, 1.82) is 0 Å². The highest BCUT2D eigenvalue weighted by molar-refractivity contribution is 6.00. The van der Waals surface area contributed by atoms with E-state index in [4.69, 9.17) is 15.2 Å². The molecule has 3 aliphatic heterocycles. The molecular weight excluding hydrogens is 665 g/mol. The molecule has 4 saturated carbocycles. The van der Waals surface area contributed by atoms with E-state index in [1.807, 2.05) is 6.92 Å². The number of rotatable bonds is 8. The number of aliphatic hydroxyl groups excluding tert-OH is 1. The Hall–Kier alpha value is -0.870. The molecule has 298 valence electrons. The molecule has 9 rings (SSSR count). The van der Waals surface area contributed by atoms with Gasteiger partial charge in [-0.1, -0.05) is 40.5 Å². The van der Waals surface area contributed by atoms with E-state index in [9.17, 15) is 20.1 Å². The molecule has 6 N–H and O–H groups in total. The molecule has 3 saturated heterocycles. The summed E-state index contributed by atoms with van der Waals surface area (Å²) in [4.78, 5) is 14.9. The van der Waals surface area contributed by atoms with Gasteiger partial charge in [0.2, 0.25) is 0 Å². The SMILES string of the molecule is C[C@@H]1CCO[C@@]([C@@H]2O[C@@H]2[C@](C)(O)C(C)(C)CCC2CCNC(N)C2)([C@@H]2C[C@H]3CCC4=C5C(CC[C@@]2(C)[C@]53O)[C@]2(C3CCCC3)CC[C@H](O)C[C@H]2C4=O)C1. The van der Waals surface area contributed by atoms with Crippen LogP contribution in [0.25, 0.3) is 0 Å². The fourth-order valence-corrected chi connectivity index (χ4v) is 15.6. The molecule has 9 aliphatic rings. The number of piperidine rings is 1. The Kier molecular flexibility index (Phi) is 9.11. The first-order chi connectivity index (χ1) is 25.1. The number of allylic oxidation sites excluding steroid dienone is 1. The van der Waals surface area contributed by atoms with Gasteiger partial charge in [0.25, 0.3) is 0 Å². The van der Waals surface area contributed by atoms with Crippen LogP contribution in [0.4, 0.5) is 0 Å². The molecule has 3 unspecified atom stereocenters. The zero-order valence-electron chi connectivity index (χ0n) is 33.6. The molecule has 0 amide bonds. The molecule has 0 aromatic heterocycles. The van der Waals surface area contributed by atoms with Gasteiger partial charge < -0.3 is 35.8 Å². The molecule has 8 nitrogen and oxygen atoms in total. The van der Waals surface area contributed by atoms with E-state index >= 15 is 0 Å². The number of nitrogens with one attached hydrogen (secondary N) is 1. The fraction of sp³-hybridized carbons (Fsp3) is 0.933. The van der Waals surface area contributed by atoms with Gasteiger partial charge in [0.05, 0.1) is 23.5 Å². The second kappa shape index (κ2) is 12.8. The lowest BCUT2D eigenvalue weighted by molar-refractivity contribution is -0.200. The number of aliphatic hydroxyl groups is 3. The van der Waals surface area contributed by atoms with Crippen LogP contribution in [0.1, 0.15) is 150 Å². The van der Waals surface area contributed by atoms with E-state index in [1.54, 1.807) is 0 Å². The topological polar surface area (TPSA) is 138 Å². The van der Waals surface area contributed by atoms with Crippen molar-refractivity contribution in [1.82, 2.24) is 5.32 Å². The zero-order valence-corrected chi connectivity index (χ0v) is 33.6. The number of hydrogen-bond donors (Lipinski definition) is 5. The Balaban J connectivity index is 1.06. The Labute approximate surface area is 319 Å². The normalized spacial score (nSPS) is 51.2.